The Balaban J connectivity index is 2.07. The molecule has 9 heteroatoms. The molecule has 1 heterocycles. The predicted molar refractivity (Wildman–Crippen MR) is 116 cm³/mol. The van der Waals surface area contributed by atoms with Crippen molar-refractivity contribution >= 4 is 16.0 Å². The summed E-state index contributed by atoms with van der Waals surface area (Å²) in [4.78, 5) is 4.65. The Morgan fingerprint density at radius 3 is 2.72 bits per heavy atom. The van der Waals surface area contributed by atoms with Crippen LogP contribution in [0.25, 0.3) is 0 Å². The second kappa shape index (κ2) is 10.3. The SMILES string of the molecule is CCNC(=NCc1ccc(C)cc1OC1CCOC1)NCC(C)(C)NS(C)(=O)=O. The van der Waals surface area contributed by atoms with Crippen LogP contribution in [0.15, 0.2) is 23.2 Å². The predicted octanol–water partition coefficient (Wildman–Crippen LogP) is 1.55. The summed E-state index contributed by atoms with van der Waals surface area (Å²) in [5.41, 5.74) is 1.48. The molecule has 1 saturated heterocycles. The van der Waals surface area contributed by atoms with Gasteiger partial charge in [-0.2, -0.15) is 0 Å². The summed E-state index contributed by atoms with van der Waals surface area (Å²) in [6, 6.07) is 6.10. The van der Waals surface area contributed by atoms with Crippen LogP contribution in [0.3, 0.4) is 0 Å². The fraction of sp³-hybridized carbons (Fsp3) is 0.650. The van der Waals surface area contributed by atoms with Gasteiger partial charge in [-0.15, -0.1) is 0 Å². The van der Waals surface area contributed by atoms with Gasteiger partial charge in [0, 0.05) is 30.6 Å². The lowest BCUT2D eigenvalue weighted by molar-refractivity contribution is 0.140. The highest BCUT2D eigenvalue weighted by molar-refractivity contribution is 7.88. The fourth-order valence-electron chi connectivity index (χ4n) is 3.04. The molecule has 1 unspecified atom stereocenters. The summed E-state index contributed by atoms with van der Waals surface area (Å²) in [5, 5.41) is 6.40. The molecule has 8 nitrogen and oxygen atoms in total. The van der Waals surface area contributed by atoms with Gasteiger partial charge >= 0.3 is 0 Å². The van der Waals surface area contributed by atoms with Gasteiger partial charge in [-0.3, -0.25) is 0 Å². The van der Waals surface area contributed by atoms with Crippen LogP contribution in [0.4, 0.5) is 0 Å². The lowest BCUT2D eigenvalue weighted by atomic mass is 10.1. The molecular weight excluding hydrogens is 392 g/mol. The normalized spacial score (nSPS) is 18.0. The number of hydrogen-bond acceptors (Lipinski definition) is 5. The maximum atomic E-state index is 11.5. The minimum atomic E-state index is -3.30. The van der Waals surface area contributed by atoms with E-state index in [1.54, 1.807) is 0 Å². The van der Waals surface area contributed by atoms with Crippen molar-refractivity contribution in [3.63, 3.8) is 0 Å². The second-order valence-electron chi connectivity index (χ2n) is 8.02. The van der Waals surface area contributed by atoms with Gasteiger partial charge in [-0.25, -0.2) is 18.1 Å². The monoisotopic (exact) mass is 426 g/mol. The maximum absolute atomic E-state index is 11.5. The molecule has 0 radical (unpaired) electrons. The number of aryl methyl sites for hydroxylation is 1. The van der Waals surface area contributed by atoms with Crippen LogP contribution >= 0.6 is 0 Å². The highest BCUT2D eigenvalue weighted by atomic mass is 32.2. The average molecular weight is 427 g/mol. The van der Waals surface area contributed by atoms with E-state index in [1.165, 1.54) is 0 Å². The zero-order valence-corrected chi connectivity index (χ0v) is 18.9. The molecule has 1 fully saturated rings. The quantitative estimate of drug-likeness (QED) is 0.409. The number of hydrogen-bond donors (Lipinski definition) is 3. The molecule has 0 aromatic heterocycles. The summed E-state index contributed by atoms with van der Waals surface area (Å²) in [7, 11) is -3.30. The summed E-state index contributed by atoms with van der Waals surface area (Å²) in [6.07, 6.45) is 2.12. The Bertz CT molecular complexity index is 803. The summed E-state index contributed by atoms with van der Waals surface area (Å²) in [5.74, 6) is 1.45. The lowest BCUT2D eigenvalue weighted by Gasteiger charge is -2.26. The van der Waals surface area contributed by atoms with E-state index < -0.39 is 15.6 Å². The molecule has 0 spiro atoms. The molecule has 2 rings (SSSR count). The molecule has 0 amide bonds. The van der Waals surface area contributed by atoms with Crippen molar-refractivity contribution in [3.05, 3.63) is 29.3 Å². The third-order valence-corrected chi connectivity index (χ3v) is 5.24. The van der Waals surface area contributed by atoms with Crippen LogP contribution in [0.1, 0.15) is 38.3 Å². The van der Waals surface area contributed by atoms with Crippen LogP contribution in [0.2, 0.25) is 0 Å². The van der Waals surface area contributed by atoms with E-state index in [4.69, 9.17) is 9.47 Å². The number of ether oxygens (including phenoxy) is 2. The molecule has 29 heavy (non-hydrogen) atoms. The van der Waals surface area contributed by atoms with E-state index in [2.05, 4.69) is 20.3 Å². The van der Waals surface area contributed by atoms with Gasteiger partial charge in [-0.1, -0.05) is 12.1 Å². The summed E-state index contributed by atoms with van der Waals surface area (Å²) < 4.78 is 37.2. The van der Waals surface area contributed by atoms with E-state index in [0.29, 0.717) is 32.2 Å². The van der Waals surface area contributed by atoms with Crippen molar-refractivity contribution in [2.24, 2.45) is 4.99 Å². The first-order chi connectivity index (χ1) is 13.6. The van der Waals surface area contributed by atoms with Gasteiger partial charge in [0.1, 0.15) is 11.9 Å². The maximum Gasteiger partial charge on any atom is 0.209 e. The Morgan fingerprint density at radius 2 is 2.10 bits per heavy atom. The van der Waals surface area contributed by atoms with E-state index in [1.807, 2.05) is 45.9 Å². The molecule has 1 aromatic rings. The van der Waals surface area contributed by atoms with Crippen molar-refractivity contribution in [2.75, 3.05) is 32.6 Å². The van der Waals surface area contributed by atoms with Crippen LogP contribution in [-0.4, -0.2) is 58.6 Å². The first kappa shape index (κ1) is 23.4. The Morgan fingerprint density at radius 1 is 1.34 bits per heavy atom. The largest absolute Gasteiger partial charge is 0.488 e. The smallest absolute Gasteiger partial charge is 0.209 e. The first-order valence-corrected chi connectivity index (χ1v) is 11.8. The van der Waals surface area contributed by atoms with Gasteiger partial charge < -0.3 is 20.1 Å². The van der Waals surface area contributed by atoms with Crippen molar-refractivity contribution in [3.8, 4) is 5.75 Å². The number of benzene rings is 1. The van der Waals surface area contributed by atoms with Gasteiger partial charge in [0.25, 0.3) is 0 Å². The number of guanidine groups is 1. The first-order valence-electron chi connectivity index (χ1n) is 9.93. The summed E-state index contributed by atoms with van der Waals surface area (Å²) in [6.45, 7) is 10.5. The summed E-state index contributed by atoms with van der Waals surface area (Å²) >= 11 is 0. The van der Waals surface area contributed by atoms with Gasteiger partial charge in [0.15, 0.2) is 5.96 Å². The standard InChI is InChI=1S/C20H34N4O4S/c1-6-21-19(23-14-20(3,4)24-29(5,25)26)22-12-16-8-7-15(2)11-18(16)28-17-9-10-27-13-17/h7-8,11,17,24H,6,9-10,12-14H2,1-5H3,(H2,21,22,23). The van der Waals surface area contributed by atoms with Crippen LogP contribution in [0, 0.1) is 6.92 Å². The van der Waals surface area contributed by atoms with Crippen LogP contribution in [-0.2, 0) is 21.3 Å². The molecule has 0 aliphatic carbocycles. The minimum absolute atomic E-state index is 0.0776. The average Bonchev–Trinajstić information content (AvgIpc) is 3.09. The van der Waals surface area contributed by atoms with Crippen molar-refractivity contribution < 1.29 is 17.9 Å². The number of nitrogens with zero attached hydrogens (tertiary/aromatic N) is 1. The third kappa shape index (κ3) is 8.59. The van der Waals surface area contributed by atoms with E-state index in [0.717, 1.165) is 36.2 Å². The second-order valence-corrected chi connectivity index (χ2v) is 9.77. The third-order valence-electron chi connectivity index (χ3n) is 4.32. The van der Waals surface area contributed by atoms with E-state index in [-0.39, 0.29) is 6.10 Å². The van der Waals surface area contributed by atoms with Gasteiger partial charge in [0.2, 0.25) is 10.0 Å². The molecule has 1 aliphatic rings. The molecule has 0 saturated carbocycles. The molecule has 1 aliphatic heterocycles. The highest BCUT2D eigenvalue weighted by Crippen LogP contribution is 2.24. The number of nitrogens with one attached hydrogen (secondary N) is 3. The zero-order valence-electron chi connectivity index (χ0n) is 18.0. The molecule has 3 N–H and O–H groups in total. The van der Waals surface area contributed by atoms with E-state index in [9.17, 15) is 8.42 Å². The van der Waals surface area contributed by atoms with Crippen molar-refractivity contribution in [1.82, 2.24) is 15.4 Å². The van der Waals surface area contributed by atoms with E-state index >= 15 is 0 Å². The highest BCUT2D eigenvalue weighted by Gasteiger charge is 2.22. The molecule has 0 bridgehead atoms. The van der Waals surface area contributed by atoms with Crippen molar-refractivity contribution in [1.29, 1.82) is 0 Å². The van der Waals surface area contributed by atoms with Crippen molar-refractivity contribution in [2.45, 2.75) is 52.3 Å². The Labute approximate surface area is 174 Å². The number of aliphatic imine (C=N–C) groups is 1. The van der Waals surface area contributed by atoms with Gasteiger partial charge in [0.05, 0.1) is 26.0 Å². The molecular formula is C20H34N4O4S. The minimum Gasteiger partial charge on any atom is -0.488 e. The van der Waals surface area contributed by atoms with Crippen LogP contribution in [0.5, 0.6) is 5.75 Å². The fourth-order valence-corrected chi connectivity index (χ4v) is 4.11. The molecule has 1 aromatic carbocycles. The van der Waals surface area contributed by atoms with Crippen LogP contribution < -0.4 is 20.1 Å². The topological polar surface area (TPSA) is 101 Å². The number of rotatable bonds is 9. The number of sulfonamides is 1. The Kier molecular flexibility index (Phi) is 8.30. The zero-order chi connectivity index (χ0) is 21.5. The Hall–Kier alpha value is -1.84. The lowest BCUT2D eigenvalue weighted by Crippen LogP contribution is -2.53. The molecule has 1 atom stereocenters. The van der Waals surface area contributed by atoms with Gasteiger partial charge in [-0.05, 0) is 39.3 Å². The molecule has 164 valence electrons.